The number of hydrogen-bond donors (Lipinski definition) is 4. The molecule has 0 unspecified atom stereocenters. The van der Waals surface area contributed by atoms with Gasteiger partial charge in [0.15, 0.2) is 0 Å². The molecular formula is C45H61N2O6P. The molecular weight excluding hydrogens is 695 g/mol. The quantitative estimate of drug-likeness (QED) is 0.0311. The van der Waals surface area contributed by atoms with Crippen molar-refractivity contribution in [3.8, 4) is 0 Å². The number of unbranched alkanes of at least 4 members (excludes halogenated alkanes) is 8. The van der Waals surface area contributed by atoms with Gasteiger partial charge in [-0.25, -0.2) is 0 Å². The molecule has 0 aromatic heterocycles. The van der Waals surface area contributed by atoms with E-state index in [0.717, 1.165) is 107 Å². The van der Waals surface area contributed by atoms with Crippen molar-refractivity contribution in [2.24, 2.45) is 0 Å². The third-order valence-corrected chi connectivity index (χ3v) is 16.0. The van der Waals surface area contributed by atoms with E-state index in [9.17, 15) is 30.0 Å². The van der Waals surface area contributed by atoms with Crippen LogP contribution in [0.15, 0.2) is 78.9 Å². The molecule has 9 heteroatoms. The Bertz CT molecular complexity index is 1700. The van der Waals surface area contributed by atoms with E-state index in [1.807, 2.05) is 0 Å². The number of nitro groups is 1. The zero-order chi connectivity index (χ0) is 39.5. The third-order valence-electron chi connectivity index (χ3n) is 10.7. The summed E-state index contributed by atoms with van der Waals surface area (Å²) >= 11 is 0. The van der Waals surface area contributed by atoms with Crippen molar-refractivity contribution in [2.45, 2.75) is 118 Å². The third kappa shape index (κ3) is 10.6. The number of hydrogen-bond acceptors (Lipinski definition) is 6. The van der Waals surface area contributed by atoms with Crippen molar-refractivity contribution in [3.63, 3.8) is 0 Å². The molecule has 0 aliphatic heterocycles. The van der Waals surface area contributed by atoms with E-state index in [0.29, 0.717) is 18.1 Å². The van der Waals surface area contributed by atoms with E-state index >= 15 is 0 Å². The number of nitro benzene ring substituents is 1. The summed E-state index contributed by atoms with van der Waals surface area (Å²) in [5.41, 5.74) is 7.27. The number of aryl methyl sites for hydroxylation is 6. The molecule has 0 heterocycles. The fourth-order valence-corrected chi connectivity index (χ4v) is 13.4. The van der Waals surface area contributed by atoms with E-state index in [1.165, 1.54) is 24.3 Å². The van der Waals surface area contributed by atoms with Gasteiger partial charge in [0.1, 0.15) is 6.10 Å². The second-order valence-corrected chi connectivity index (χ2v) is 20.1. The van der Waals surface area contributed by atoms with Gasteiger partial charge in [-0.2, -0.15) is 0 Å². The summed E-state index contributed by atoms with van der Waals surface area (Å²) in [6.45, 7) is 8.44. The van der Waals surface area contributed by atoms with Gasteiger partial charge in [0, 0.05) is 12.1 Å². The molecule has 4 aromatic rings. The molecule has 0 fully saturated rings. The second-order valence-electron chi connectivity index (χ2n) is 15.6. The van der Waals surface area contributed by atoms with Crippen LogP contribution in [0.1, 0.15) is 109 Å². The Morgan fingerprint density at radius 3 is 1.39 bits per heavy atom. The molecule has 0 spiro atoms. The Kier molecular flexibility index (Phi) is 15.1. The first-order valence-corrected chi connectivity index (χ1v) is 21.9. The van der Waals surface area contributed by atoms with Crippen molar-refractivity contribution in [2.75, 3.05) is 12.8 Å². The number of rotatable bonds is 20. The first-order chi connectivity index (χ1) is 25.6. The maximum atomic E-state index is 13.9. The van der Waals surface area contributed by atoms with Crippen LogP contribution in [0.2, 0.25) is 0 Å². The van der Waals surface area contributed by atoms with E-state index < -0.39 is 30.5 Å². The van der Waals surface area contributed by atoms with Crippen molar-refractivity contribution in [3.05, 3.63) is 128 Å². The Labute approximate surface area is 322 Å². The van der Waals surface area contributed by atoms with E-state index in [4.69, 9.17) is 0 Å². The van der Waals surface area contributed by atoms with E-state index in [-0.39, 0.29) is 11.6 Å². The van der Waals surface area contributed by atoms with Crippen LogP contribution in [-0.4, -0.2) is 44.7 Å². The Hall–Kier alpha value is -3.94. The monoisotopic (exact) mass is 756 g/mol. The second kappa shape index (κ2) is 19.1. The van der Waals surface area contributed by atoms with E-state index in [1.54, 1.807) is 0 Å². The number of non-ortho nitro benzene ring substituents is 1. The molecule has 2 atom stereocenters. The average molecular weight is 757 g/mol. The fourth-order valence-electron chi connectivity index (χ4n) is 7.99. The average Bonchev–Trinajstić information content (AvgIpc) is 3.11. The molecule has 4 rings (SSSR count). The predicted octanol–water partition coefficient (Wildman–Crippen LogP) is 8.29. The molecule has 4 N–H and O–H groups in total. The Morgan fingerprint density at radius 2 is 1.02 bits per heavy atom. The van der Waals surface area contributed by atoms with Gasteiger partial charge in [-0.3, -0.25) is 14.9 Å². The molecule has 0 saturated heterocycles. The van der Waals surface area contributed by atoms with Gasteiger partial charge in [-0.15, -0.1) is 0 Å². The Balaban J connectivity index is 1.30. The predicted molar refractivity (Wildman–Crippen MR) is 224 cm³/mol. The van der Waals surface area contributed by atoms with Gasteiger partial charge >= 0.3 is 233 Å². The summed E-state index contributed by atoms with van der Waals surface area (Å²) in [5, 5.41) is 37.2. The van der Waals surface area contributed by atoms with Crippen LogP contribution in [-0.2, 0) is 4.79 Å². The van der Waals surface area contributed by atoms with Crippen LogP contribution in [0.5, 0.6) is 0 Å². The first-order valence-electron chi connectivity index (χ1n) is 19.5. The number of amides is 1. The molecule has 0 aliphatic carbocycles. The van der Waals surface area contributed by atoms with Crippen molar-refractivity contribution < 1.29 is 24.8 Å². The number of aliphatic hydroxyl groups is 2. The summed E-state index contributed by atoms with van der Waals surface area (Å²) < 4.78 is 0. The molecule has 0 saturated carbocycles. The molecule has 0 bridgehead atoms. The normalized spacial score (nSPS) is 13.5. The summed E-state index contributed by atoms with van der Waals surface area (Å²) in [6.07, 6.45) is 8.88. The molecule has 1 amide bonds. The van der Waals surface area contributed by atoms with Crippen molar-refractivity contribution >= 4 is 34.3 Å². The fraction of sp³-hybridized carbons (Fsp3) is 0.444. The van der Waals surface area contributed by atoms with Crippen LogP contribution in [0, 0.1) is 51.7 Å². The topological polar surface area (TPSA) is 133 Å². The van der Waals surface area contributed by atoms with Gasteiger partial charge in [0.2, 0.25) is 0 Å². The zero-order valence-corrected chi connectivity index (χ0v) is 34.0. The van der Waals surface area contributed by atoms with Gasteiger partial charge in [-0.05, 0) is 17.7 Å². The van der Waals surface area contributed by atoms with Gasteiger partial charge in [-0.1, -0.05) is 0 Å². The minimum atomic E-state index is -3.86. The number of nitrogens with one attached hydrogen (secondary N) is 1. The molecule has 292 valence electrons. The first kappa shape index (κ1) is 42.8. The summed E-state index contributed by atoms with van der Waals surface area (Å²) in [4.78, 5) is 36.9. The summed E-state index contributed by atoms with van der Waals surface area (Å²) in [6, 6.07) is 24.4. The molecule has 0 aliphatic rings. The molecule has 0 radical (unpaired) electrons. The number of carbonyl (C=O) groups excluding carboxylic acids is 1. The molecule has 4 aromatic carbocycles. The minimum absolute atomic E-state index is 0.0931. The van der Waals surface area contributed by atoms with Crippen LogP contribution < -0.4 is 21.2 Å². The van der Waals surface area contributed by atoms with Crippen LogP contribution in [0.25, 0.3) is 0 Å². The van der Waals surface area contributed by atoms with Crippen molar-refractivity contribution in [1.29, 1.82) is 0 Å². The zero-order valence-electron chi connectivity index (χ0n) is 33.1. The van der Waals surface area contributed by atoms with Gasteiger partial charge in [0.25, 0.3) is 5.69 Å². The SMILES string of the molecule is Cc1cc(C)cc(P(O)(CCCCCCCCCCCC(=O)N[C@H](CO)[C@H](O)c2ccc([N+](=O)[O-])cc2)(c2cc(C)cc(C)c2)c2cc(C)cc(C)c2)c1. The summed E-state index contributed by atoms with van der Waals surface area (Å²) in [7, 11) is 0. The standard InChI is InChI=1S/C45H61N2O6P/c1-32-22-33(2)26-40(25-32)54(53,41-27-34(3)23-35(4)28-41,42-29-36(5)24-37(6)30-42)21-15-13-11-9-7-8-10-12-14-16-44(49)46-43(31-48)45(50)38-17-19-39(20-18-38)47(51)52/h17-20,22-30,43,45,48,50,53H,7-16,21,31H2,1-6H3,(H,46,49)/t43-,45-/m1/s1. The van der Waals surface area contributed by atoms with Crippen LogP contribution in [0.4, 0.5) is 5.69 Å². The molecule has 8 nitrogen and oxygen atoms in total. The van der Waals surface area contributed by atoms with E-state index in [2.05, 4.69) is 101 Å². The van der Waals surface area contributed by atoms with Crippen molar-refractivity contribution in [1.82, 2.24) is 5.32 Å². The maximum absolute atomic E-state index is 13.9. The Morgan fingerprint density at radius 1 is 0.648 bits per heavy atom. The molecule has 54 heavy (non-hydrogen) atoms. The van der Waals surface area contributed by atoms with Crippen LogP contribution in [0.3, 0.4) is 0 Å². The number of carbonyl (C=O) groups is 1. The number of benzene rings is 4. The van der Waals surface area contributed by atoms with Gasteiger partial charge < -0.3 is 15.5 Å². The number of nitrogens with zero attached hydrogens (tertiary/aromatic N) is 1. The van der Waals surface area contributed by atoms with Gasteiger partial charge in [0.05, 0.1) is 17.6 Å². The summed E-state index contributed by atoms with van der Waals surface area (Å²) in [5.74, 6) is -0.237. The van der Waals surface area contributed by atoms with Crippen LogP contribution >= 0.6 is 6.83 Å². The number of aliphatic hydroxyl groups excluding tert-OH is 2.